The number of hydrogen-bond acceptors (Lipinski definition) is 8. The number of hydrogen-bond donors (Lipinski definition) is 4. The molecule has 0 saturated heterocycles. The van der Waals surface area contributed by atoms with Crippen molar-refractivity contribution >= 4 is 84.4 Å². The van der Waals surface area contributed by atoms with Crippen LogP contribution in [-0.4, -0.2) is 44.0 Å². The number of alkyl halides is 1. The number of benzene rings is 4. The Morgan fingerprint density at radius 3 is 2.50 bits per heavy atom. The molecule has 2 aromatic heterocycles. The van der Waals surface area contributed by atoms with E-state index in [0.717, 1.165) is 40.7 Å². The second-order valence-corrected chi connectivity index (χ2v) is 13.5. The fourth-order valence-corrected chi connectivity index (χ4v) is 6.61. The summed E-state index contributed by atoms with van der Waals surface area (Å²) in [5.41, 5.74) is 2.83. The first-order chi connectivity index (χ1) is 24.2. The lowest BCUT2D eigenvalue weighted by Crippen LogP contribution is -2.21. The lowest BCUT2D eigenvalue weighted by Gasteiger charge is -2.14. The van der Waals surface area contributed by atoms with Gasteiger partial charge in [-0.25, -0.2) is 19.3 Å². The van der Waals surface area contributed by atoms with Crippen LogP contribution in [0.25, 0.3) is 16.5 Å². The number of carbonyl (C=O) groups excluding carboxylic acids is 1. The monoisotopic (exact) mass is 847 g/mol. The number of carbonyl (C=O) groups is 2. The molecule has 1 atom stereocenters. The molecule has 0 aliphatic carbocycles. The number of ether oxygens (including phenoxy) is 2. The standard InChI is InChI=1S/C36H31BrIN7O5/c1-3-6-28(38)30-20-32(45(44-30)24-9-11-25(49-2)12-10-24)42-36(48)41-29-13-14-31(27-8-5-4-7-26(27)29)50-33-15-16-39-35(43-33)40-23-18-21(34(46)47)17-22(37)19-23/h4-5,7-20,28H,3,6H2,1-2H3,(H,46,47)(H,39,40,43)(H2,41,42,48). The van der Waals surface area contributed by atoms with Crippen LogP contribution < -0.4 is 25.4 Å². The summed E-state index contributed by atoms with van der Waals surface area (Å²) >= 11 is 5.72. The SMILES string of the molecule is CCCC(I)c1cc(NC(=O)Nc2ccc(Oc3ccnc(Nc4cc(Br)cc(C(=O)O)c4)n3)c3ccccc23)n(-c2ccc(OC)cc2)n1. The molecule has 4 aromatic carbocycles. The number of fused-ring (bicyclic) bond motifs is 1. The van der Waals surface area contributed by atoms with E-state index in [1.165, 1.54) is 18.3 Å². The average molecular weight is 848 g/mol. The van der Waals surface area contributed by atoms with E-state index in [2.05, 4.69) is 71.4 Å². The maximum Gasteiger partial charge on any atom is 0.335 e. The van der Waals surface area contributed by atoms with Crippen LogP contribution in [0.15, 0.2) is 102 Å². The molecule has 0 spiro atoms. The van der Waals surface area contributed by atoms with Crippen molar-refractivity contribution in [3.63, 3.8) is 0 Å². The van der Waals surface area contributed by atoms with Gasteiger partial charge in [-0.05, 0) is 61.0 Å². The van der Waals surface area contributed by atoms with Crippen molar-refractivity contribution in [3.05, 3.63) is 113 Å². The molecule has 12 nitrogen and oxygen atoms in total. The number of amides is 2. The van der Waals surface area contributed by atoms with Gasteiger partial charge in [-0.3, -0.25) is 5.32 Å². The van der Waals surface area contributed by atoms with Gasteiger partial charge < -0.3 is 25.2 Å². The van der Waals surface area contributed by atoms with Crippen molar-refractivity contribution in [2.24, 2.45) is 0 Å². The molecule has 1 unspecified atom stereocenters. The lowest BCUT2D eigenvalue weighted by molar-refractivity contribution is 0.0696. The van der Waals surface area contributed by atoms with Gasteiger partial charge in [0, 0.05) is 39.3 Å². The fraction of sp³-hybridized carbons (Fsp3) is 0.139. The highest BCUT2D eigenvalue weighted by Gasteiger charge is 2.18. The zero-order valence-electron chi connectivity index (χ0n) is 26.9. The van der Waals surface area contributed by atoms with Crippen LogP contribution in [0, 0.1) is 0 Å². The van der Waals surface area contributed by atoms with Crippen LogP contribution in [0.3, 0.4) is 0 Å². The number of aromatic nitrogens is 4. The van der Waals surface area contributed by atoms with Gasteiger partial charge in [0.1, 0.15) is 17.3 Å². The molecular weight excluding hydrogens is 817 g/mol. The van der Waals surface area contributed by atoms with Crippen molar-refractivity contribution < 1.29 is 24.2 Å². The molecule has 254 valence electrons. The highest BCUT2D eigenvalue weighted by molar-refractivity contribution is 14.1. The minimum atomic E-state index is -1.05. The summed E-state index contributed by atoms with van der Waals surface area (Å²) in [5.74, 6) is 1.19. The van der Waals surface area contributed by atoms with E-state index in [1.54, 1.807) is 36.1 Å². The molecule has 0 fully saturated rings. The largest absolute Gasteiger partial charge is 0.497 e. The predicted octanol–water partition coefficient (Wildman–Crippen LogP) is 9.74. The van der Waals surface area contributed by atoms with E-state index in [-0.39, 0.29) is 21.3 Å². The summed E-state index contributed by atoms with van der Waals surface area (Å²) in [4.78, 5) is 33.7. The number of rotatable bonds is 12. The Bertz CT molecular complexity index is 2180. The highest BCUT2D eigenvalue weighted by Crippen LogP contribution is 2.35. The van der Waals surface area contributed by atoms with Crippen LogP contribution in [0.4, 0.5) is 27.9 Å². The first-order valence-electron chi connectivity index (χ1n) is 15.5. The van der Waals surface area contributed by atoms with Crippen LogP contribution in [0.1, 0.15) is 39.7 Å². The summed E-state index contributed by atoms with van der Waals surface area (Å²) in [7, 11) is 1.61. The Balaban J connectivity index is 1.22. The maximum absolute atomic E-state index is 13.5. The third-order valence-corrected chi connectivity index (χ3v) is 9.25. The topological polar surface area (TPSA) is 153 Å². The van der Waals surface area contributed by atoms with E-state index in [0.29, 0.717) is 27.4 Å². The Morgan fingerprint density at radius 1 is 0.980 bits per heavy atom. The van der Waals surface area contributed by atoms with Crippen molar-refractivity contribution in [1.29, 1.82) is 0 Å². The number of halogens is 2. The van der Waals surface area contributed by atoms with Gasteiger partial charge in [0.2, 0.25) is 11.8 Å². The highest BCUT2D eigenvalue weighted by atomic mass is 127. The second kappa shape index (κ2) is 15.6. The Labute approximate surface area is 309 Å². The van der Waals surface area contributed by atoms with Crippen molar-refractivity contribution in [1.82, 2.24) is 19.7 Å². The molecule has 14 heteroatoms. The van der Waals surface area contributed by atoms with Crippen LogP contribution in [0.2, 0.25) is 0 Å². The third-order valence-electron chi connectivity index (χ3n) is 7.53. The molecular formula is C36H31BrIN7O5. The molecule has 4 N–H and O–H groups in total. The molecule has 0 aliphatic heterocycles. The van der Waals surface area contributed by atoms with Gasteiger partial charge in [0.05, 0.1) is 33.7 Å². The first-order valence-corrected chi connectivity index (χ1v) is 17.5. The summed E-state index contributed by atoms with van der Waals surface area (Å²) in [6.07, 6.45) is 3.50. The predicted molar refractivity (Wildman–Crippen MR) is 205 cm³/mol. The zero-order valence-corrected chi connectivity index (χ0v) is 30.6. The number of carboxylic acids is 1. The fourth-order valence-electron chi connectivity index (χ4n) is 5.19. The quantitative estimate of drug-likeness (QED) is 0.0697. The summed E-state index contributed by atoms with van der Waals surface area (Å²) in [6, 6.07) is 26.3. The van der Waals surface area contributed by atoms with Gasteiger partial charge in [-0.15, -0.1) is 0 Å². The molecule has 0 aliphatic rings. The molecule has 6 aromatic rings. The smallest absolute Gasteiger partial charge is 0.335 e. The van der Waals surface area contributed by atoms with Gasteiger partial charge in [-0.2, -0.15) is 10.1 Å². The van der Waals surface area contributed by atoms with Gasteiger partial charge in [0.25, 0.3) is 0 Å². The number of anilines is 4. The van der Waals surface area contributed by atoms with Crippen molar-refractivity contribution in [2.45, 2.75) is 23.7 Å². The minimum absolute atomic E-state index is 0.108. The minimum Gasteiger partial charge on any atom is -0.497 e. The number of nitrogens with one attached hydrogen (secondary N) is 3. The van der Waals surface area contributed by atoms with Crippen LogP contribution in [0.5, 0.6) is 17.4 Å². The number of carboxylic acid groups (broad SMARTS) is 1. The number of aromatic carboxylic acids is 1. The van der Waals surface area contributed by atoms with Crippen molar-refractivity contribution in [2.75, 3.05) is 23.1 Å². The van der Waals surface area contributed by atoms with Crippen LogP contribution >= 0.6 is 38.5 Å². The summed E-state index contributed by atoms with van der Waals surface area (Å²) in [5, 5.41) is 24.7. The van der Waals surface area contributed by atoms with Crippen LogP contribution in [-0.2, 0) is 0 Å². The average Bonchev–Trinajstić information content (AvgIpc) is 3.53. The molecule has 50 heavy (non-hydrogen) atoms. The first kappa shape index (κ1) is 34.6. The normalized spacial score (nSPS) is 11.5. The number of nitrogens with zero attached hydrogens (tertiary/aromatic N) is 4. The molecule has 6 rings (SSSR count). The molecule has 2 heterocycles. The summed E-state index contributed by atoms with van der Waals surface area (Å²) in [6.45, 7) is 2.13. The van der Waals surface area contributed by atoms with E-state index in [9.17, 15) is 14.7 Å². The number of urea groups is 1. The van der Waals surface area contributed by atoms with Gasteiger partial charge in [0.15, 0.2) is 0 Å². The van der Waals surface area contributed by atoms with E-state index in [4.69, 9.17) is 14.6 Å². The number of methoxy groups -OCH3 is 1. The Kier molecular flexibility index (Phi) is 10.8. The van der Waals surface area contributed by atoms with Gasteiger partial charge >= 0.3 is 12.0 Å². The molecule has 0 bridgehead atoms. The molecule has 0 saturated carbocycles. The van der Waals surface area contributed by atoms with E-state index >= 15 is 0 Å². The van der Waals surface area contributed by atoms with E-state index in [1.807, 2.05) is 54.6 Å². The van der Waals surface area contributed by atoms with Crippen molar-refractivity contribution in [3.8, 4) is 23.1 Å². The lowest BCUT2D eigenvalue weighted by atomic mass is 10.1. The van der Waals surface area contributed by atoms with Gasteiger partial charge in [-0.1, -0.05) is 76.1 Å². The Morgan fingerprint density at radius 2 is 1.76 bits per heavy atom. The van der Waals surface area contributed by atoms with E-state index < -0.39 is 12.0 Å². The molecule has 2 amide bonds. The Hall–Kier alpha value is -5.22. The maximum atomic E-state index is 13.5. The summed E-state index contributed by atoms with van der Waals surface area (Å²) < 4.78 is 14.0. The second-order valence-electron chi connectivity index (χ2n) is 11.0. The third kappa shape index (κ3) is 8.14. The molecule has 0 radical (unpaired) electrons. The zero-order chi connectivity index (χ0) is 35.2.